The van der Waals surface area contributed by atoms with Crippen molar-refractivity contribution in [2.24, 2.45) is 27.9 Å². The lowest BCUT2D eigenvalue weighted by Gasteiger charge is -2.26. The lowest BCUT2D eigenvalue weighted by Crippen LogP contribution is -2.58. The van der Waals surface area contributed by atoms with E-state index in [9.17, 15) is 39.3 Å². The number of hydrogen-bond acceptors (Lipinski definition) is 9. The number of aliphatic hydroxyl groups is 1. The number of carboxylic acids is 1. The van der Waals surface area contributed by atoms with Crippen molar-refractivity contribution in [2.45, 2.75) is 69.3 Å². The number of phenols is 1. The highest BCUT2D eigenvalue weighted by Crippen LogP contribution is 2.12. The smallest absolute Gasteiger partial charge is 0.328 e. The number of guanidine groups is 1. The van der Waals surface area contributed by atoms with Crippen LogP contribution < -0.4 is 38.9 Å². The predicted octanol–water partition coefficient (Wildman–Crippen LogP) is -3.50. The van der Waals surface area contributed by atoms with Crippen LogP contribution in [-0.2, 0) is 30.4 Å². The third-order valence-electron chi connectivity index (χ3n) is 5.67. The molecule has 0 saturated carbocycles. The maximum Gasteiger partial charge on any atom is 0.328 e. The number of nitrogens with zero attached hydrogens (tertiary/aromatic N) is 1. The fraction of sp³-hybridized carbons (Fsp3) is 0.500. The SMILES string of the molecule is CC(O)C(NC(=O)C(Cc1ccc(O)cc1)NC(=O)C(CCC(N)=O)NC(=O)C(N)CCCN=C(N)N)C(=O)O. The first-order valence-corrected chi connectivity index (χ1v) is 12.4. The van der Waals surface area contributed by atoms with Gasteiger partial charge in [-0.25, -0.2) is 4.79 Å². The van der Waals surface area contributed by atoms with Gasteiger partial charge in [0.2, 0.25) is 23.6 Å². The number of primary amides is 1. The van der Waals surface area contributed by atoms with Gasteiger partial charge >= 0.3 is 5.97 Å². The Bertz CT molecular complexity index is 1060. The zero-order valence-corrected chi connectivity index (χ0v) is 22.1. The minimum atomic E-state index is -1.67. The number of nitrogens with two attached hydrogens (primary N) is 4. The summed E-state index contributed by atoms with van der Waals surface area (Å²) in [6, 6.07) is 0.256. The zero-order valence-electron chi connectivity index (χ0n) is 22.1. The molecule has 0 aliphatic rings. The van der Waals surface area contributed by atoms with Crippen molar-refractivity contribution in [3.05, 3.63) is 29.8 Å². The predicted molar refractivity (Wildman–Crippen MR) is 143 cm³/mol. The standard InChI is InChI=1S/C24H38N8O8/c1-12(33)19(23(39)40)32-22(38)17(11-13-4-6-14(34)7-5-13)31-21(37)16(8-9-18(26)35)30-20(36)15(25)3-2-10-29-24(27)28/h4-7,12,15-17,19,33-34H,2-3,8-11,25H2,1H3,(H2,26,35)(H,30,36)(H,31,37)(H,32,38)(H,39,40)(H4,27,28,29). The third kappa shape index (κ3) is 12.4. The summed E-state index contributed by atoms with van der Waals surface area (Å²) in [5.74, 6) is -4.93. The first-order valence-electron chi connectivity index (χ1n) is 12.4. The molecular formula is C24H38N8O8. The van der Waals surface area contributed by atoms with Crippen LogP contribution in [0.2, 0.25) is 0 Å². The van der Waals surface area contributed by atoms with Crippen LogP contribution >= 0.6 is 0 Å². The summed E-state index contributed by atoms with van der Waals surface area (Å²) in [7, 11) is 0. The number of phenolic OH excluding ortho intramolecular Hbond substituents is 1. The van der Waals surface area contributed by atoms with E-state index in [4.69, 9.17) is 22.9 Å². The van der Waals surface area contributed by atoms with Crippen LogP contribution in [0, 0.1) is 0 Å². The number of hydrogen-bond donors (Lipinski definition) is 10. The van der Waals surface area contributed by atoms with E-state index in [2.05, 4.69) is 20.9 Å². The number of carbonyl (C=O) groups is 5. The van der Waals surface area contributed by atoms with Gasteiger partial charge in [-0.1, -0.05) is 12.1 Å². The van der Waals surface area contributed by atoms with E-state index in [1.54, 1.807) is 0 Å². The molecule has 1 aromatic carbocycles. The number of aliphatic hydroxyl groups excluding tert-OH is 1. The third-order valence-corrected chi connectivity index (χ3v) is 5.67. The van der Waals surface area contributed by atoms with Gasteiger partial charge in [0.25, 0.3) is 0 Å². The topological polar surface area (TPSA) is 299 Å². The van der Waals surface area contributed by atoms with Crippen LogP contribution in [0.25, 0.3) is 0 Å². The molecule has 0 bridgehead atoms. The molecule has 14 N–H and O–H groups in total. The maximum absolute atomic E-state index is 13.2. The fourth-order valence-corrected chi connectivity index (χ4v) is 3.48. The van der Waals surface area contributed by atoms with E-state index in [1.165, 1.54) is 31.2 Å². The number of aliphatic carboxylic acids is 1. The van der Waals surface area contributed by atoms with Gasteiger partial charge in [-0.2, -0.15) is 0 Å². The second-order valence-corrected chi connectivity index (χ2v) is 9.12. The molecule has 16 heteroatoms. The Balaban J connectivity index is 3.11. The van der Waals surface area contributed by atoms with Crippen molar-refractivity contribution in [3.8, 4) is 5.75 Å². The number of benzene rings is 1. The van der Waals surface area contributed by atoms with Gasteiger partial charge in [0.1, 0.15) is 17.8 Å². The van der Waals surface area contributed by atoms with Gasteiger partial charge in [0.15, 0.2) is 12.0 Å². The van der Waals surface area contributed by atoms with E-state index in [-0.39, 0.29) is 43.9 Å². The summed E-state index contributed by atoms with van der Waals surface area (Å²) in [6.45, 7) is 1.40. The average Bonchev–Trinajstić information content (AvgIpc) is 2.87. The van der Waals surface area contributed by atoms with Crippen LogP contribution in [0.3, 0.4) is 0 Å². The molecule has 0 spiro atoms. The lowest BCUT2D eigenvalue weighted by molar-refractivity contribution is -0.145. The molecular weight excluding hydrogens is 528 g/mol. The molecule has 1 rings (SSSR count). The van der Waals surface area contributed by atoms with Crippen LogP contribution in [0.4, 0.5) is 0 Å². The van der Waals surface area contributed by atoms with Crippen molar-refractivity contribution in [1.29, 1.82) is 0 Å². The first kappa shape index (κ1) is 33.6. The van der Waals surface area contributed by atoms with Crippen LogP contribution in [0.1, 0.15) is 38.2 Å². The van der Waals surface area contributed by atoms with Gasteiger partial charge in [0.05, 0.1) is 12.1 Å². The second-order valence-electron chi connectivity index (χ2n) is 9.12. The maximum atomic E-state index is 13.2. The summed E-state index contributed by atoms with van der Waals surface area (Å²) < 4.78 is 0. The number of carbonyl (C=O) groups excluding carboxylic acids is 4. The summed E-state index contributed by atoms with van der Waals surface area (Å²) in [5, 5.41) is 35.7. The highest BCUT2D eigenvalue weighted by atomic mass is 16.4. The molecule has 0 heterocycles. The highest BCUT2D eigenvalue weighted by molar-refractivity contribution is 5.94. The molecule has 40 heavy (non-hydrogen) atoms. The minimum Gasteiger partial charge on any atom is -0.508 e. The summed E-state index contributed by atoms with van der Waals surface area (Å²) in [6.07, 6.45) is -1.56. The van der Waals surface area contributed by atoms with E-state index in [0.29, 0.717) is 12.0 Å². The Labute approximate surface area is 230 Å². The molecule has 16 nitrogen and oxygen atoms in total. The molecule has 0 fully saturated rings. The van der Waals surface area contributed by atoms with Gasteiger partial charge in [-0.05, 0) is 43.9 Å². The Morgan fingerprint density at radius 3 is 2.00 bits per heavy atom. The van der Waals surface area contributed by atoms with E-state index >= 15 is 0 Å². The second kappa shape index (κ2) is 16.5. The lowest BCUT2D eigenvalue weighted by atomic mass is 10.0. The Kier molecular flexibility index (Phi) is 13.9. The van der Waals surface area contributed by atoms with Gasteiger partial charge in [-0.15, -0.1) is 0 Å². The van der Waals surface area contributed by atoms with Gasteiger partial charge < -0.3 is 54.2 Å². The Hall–Kier alpha value is -4.44. The molecule has 0 aliphatic carbocycles. The molecule has 0 radical (unpaired) electrons. The number of aliphatic imine (C=N–C) groups is 1. The van der Waals surface area contributed by atoms with Crippen molar-refractivity contribution >= 4 is 35.6 Å². The highest BCUT2D eigenvalue weighted by Gasteiger charge is 2.32. The molecule has 5 atom stereocenters. The van der Waals surface area contributed by atoms with E-state index in [1.807, 2.05) is 0 Å². The normalized spacial score (nSPS) is 14.5. The quantitative estimate of drug-likeness (QED) is 0.0501. The van der Waals surface area contributed by atoms with Crippen LogP contribution in [0.5, 0.6) is 5.75 Å². The number of aromatic hydroxyl groups is 1. The molecule has 4 amide bonds. The zero-order chi connectivity index (χ0) is 30.4. The number of nitrogens with one attached hydrogen (secondary N) is 3. The summed E-state index contributed by atoms with van der Waals surface area (Å²) in [5.41, 5.74) is 22.1. The van der Waals surface area contributed by atoms with Crippen molar-refractivity contribution in [3.63, 3.8) is 0 Å². The first-order chi connectivity index (χ1) is 18.7. The summed E-state index contributed by atoms with van der Waals surface area (Å²) >= 11 is 0. The largest absolute Gasteiger partial charge is 0.508 e. The number of amides is 4. The summed E-state index contributed by atoms with van der Waals surface area (Å²) in [4.78, 5) is 65.5. The molecule has 5 unspecified atom stereocenters. The minimum absolute atomic E-state index is 0.0438. The van der Waals surface area contributed by atoms with E-state index in [0.717, 1.165) is 0 Å². The molecule has 222 valence electrons. The Morgan fingerprint density at radius 1 is 0.900 bits per heavy atom. The average molecular weight is 567 g/mol. The molecule has 0 aliphatic heterocycles. The number of rotatable bonds is 17. The van der Waals surface area contributed by atoms with Crippen LogP contribution in [0.15, 0.2) is 29.3 Å². The van der Waals surface area contributed by atoms with E-state index < -0.39 is 59.9 Å². The monoisotopic (exact) mass is 566 g/mol. The fourth-order valence-electron chi connectivity index (χ4n) is 3.48. The van der Waals surface area contributed by atoms with Crippen molar-refractivity contribution < 1.29 is 39.3 Å². The van der Waals surface area contributed by atoms with Gasteiger partial charge in [0, 0.05) is 19.4 Å². The molecule has 0 saturated heterocycles. The van der Waals surface area contributed by atoms with Crippen molar-refractivity contribution in [2.75, 3.05) is 6.54 Å². The molecule has 1 aromatic rings. The molecule has 0 aromatic heterocycles. The van der Waals surface area contributed by atoms with Gasteiger partial charge in [-0.3, -0.25) is 24.2 Å². The number of carboxylic acid groups (broad SMARTS) is 1. The van der Waals surface area contributed by atoms with Crippen molar-refractivity contribution in [1.82, 2.24) is 16.0 Å². The Morgan fingerprint density at radius 2 is 1.48 bits per heavy atom. The van der Waals surface area contributed by atoms with Crippen LogP contribution in [-0.4, -0.2) is 87.7 Å².